The molecule has 78 valence electrons. The second kappa shape index (κ2) is 4.55. The van der Waals surface area contributed by atoms with Crippen molar-refractivity contribution in [1.29, 1.82) is 0 Å². The Bertz CT molecular complexity index is 300. The van der Waals surface area contributed by atoms with Crippen LogP contribution in [0.3, 0.4) is 0 Å². The Hall–Kier alpha value is -1.65. The molecule has 3 N–H and O–H groups in total. The Morgan fingerprint density at radius 2 is 2.00 bits per heavy atom. The SMILES string of the molecule is CCNC(=O)CCn1c(O)ccc1O. The van der Waals surface area contributed by atoms with Gasteiger partial charge in [0, 0.05) is 31.6 Å². The Labute approximate surface area is 82.0 Å². The third-order valence-corrected chi connectivity index (χ3v) is 1.87. The maximum Gasteiger partial charge on any atom is 0.221 e. The molecule has 1 rings (SSSR count). The number of nitrogens with one attached hydrogen (secondary N) is 1. The van der Waals surface area contributed by atoms with Crippen LogP contribution in [0.1, 0.15) is 13.3 Å². The molecular formula is C9H14N2O3. The molecule has 0 aliphatic rings. The second-order valence-corrected chi connectivity index (χ2v) is 2.90. The van der Waals surface area contributed by atoms with Crippen LogP contribution < -0.4 is 5.32 Å². The van der Waals surface area contributed by atoms with Crippen molar-refractivity contribution >= 4 is 5.91 Å². The van der Waals surface area contributed by atoms with Crippen LogP contribution in [0.15, 0.2) is 12.1 Å². The van der Waals surface area contributed by atoms with Gasteiger partial charge in [-0.15, -0.1) is 0 Å². The molecule has 0 spiro atoms. The highest BCUT2D eigenvalue weighted by atomic mass is 16.3. The highest BCUT2D eigenvalue weighted by Crippen LogP contribution is 2.20. The van der Waals surface area contributed by atoms with E-state index in [1.54, 1.807) is 0 Å². The van der Waals surface area contributed by atoms with E-state index in [2.05, 4.69) is 5.32 Å². The Balaban J connectivity index is 2.49. The molecule has 0 radical (unpaired) electrons. The van der Waals surface area contributed by atoms with Crippen molar-refractivity contribution in [2.45, 2.75) is 19.9 Å². The van der Waals surface area contributed by atoms with E-state index in [9.17, 15) is 15.0 Å². The summed E-state index contributed by atoms with van der Waals surface area (Å²) in [5.74, 6) is -0.168. The maximum atomic E-state index is 11.1. The van der Waals surface area contributed by atoms with Gasteiger partial charge in [0.2, 0.25) is 5.91 Å². The van der Waals surface area contributed by atoms with Gasteiger partial charge in [-0.3, -0.25) is 9.36 Å². The normalized spacial score (nSPS) is 10.1. The van der Waals surface area contributed by atoms with Crippen LogP contribution in [0.4, 0.5) is 0 Å². The van der Waals surface area contributed by atoms with E-state index in [0.717, 1.165) is 0 Å². The number of carbonyl (C=O) groups is 1. The topological polar surface area (TPSA) is 74.5 Å². The molecular weight excluding hydrogens is 184 g/mol. The van der Waals surface area contributed by atoms with Gasteiger partial charge >= 0.3 is 0 Å². The summed E-state index contributed by atoms with van der Waals surface area (Å²) in [6.45, 7) is 2.70. The first-order valence-corrected chi connectivity index (χ1v) is 4.49. The van der Waals surface area contributed by atoms with Crippen LogP contribution in [0.2, 0.25) is 0 Å². The molecule has 1 aromatic rings. The summed E-state index contributed by atoms with van der Waals surface area (Å²) in [5.41, 5.74) is 0. The first-order chi connectivity index (χ1) is 6.65. The van der Waals surface area contributed by atoms with E-state index >= 15 is 0 Å². The van der Waals surface area contributed by atoms with E-state index in [0.29, 0.717) is 6.54 Å². The molecule has 0 aliphatic carbocycles. The van der Waals surface area contributed by atoms with E-state index in [1.165, 1.54) is 16.7 Å². The summed E-state index contributed by atoms with van der Waals surface area (Å²) >= 11 is 0. The molecule has 14 heavy (non-hydrogen) atoms. The lowest BCUT2D eigenvalue weighted by molar-refractivity contribution is -0.121. The van der Waals surface area contributed by atoms with Crippen molar-refractivity contribution in [3.05, 3.63) is 12.1 Å². The molecule has 0 aliphatic heterocycles. The van der Waals surface area contributed by atoms with Gasteiger partial charge in [-0.1, -0.05) is 0 Å². The summed E-state index contributed by atoms with van der Waals surface area (Å²) in [6, 6.07) is 2.76. The number of hydrogen-bond donors (Lipinski definition) is 3. The number of aromatic hydroxyl groups is 2. The number of aromatic nitrogens is 1. The molecule has 0 bridgehead atoms. The minimum Gasteiger partial charge on any atom is -0.494 e. The van der Waals surface area contributed by atoms with Crippen molar-refractivity contribution in [3.63, 3.8) is 0 Å². The number of hydrogen-bond acceptors (Lipinski definition) is 3. The van der Waals surface area contributed by atoms with Gasteiger partial charge in [-0.25, -0.2) is 0 Å². The molecule has 5 nitrogen and oxygen atoms in total. The van der Waals surface area contributed by atoms with E-state index in [-0.39, 0.29) is 30.6 Å². The average molecular weight is 198 g/mol. The fourth-order valence-corrected chi connectivity index (χ4v) is 1.17. The van der Waals surface area contributed by atoms with Crippen molar-refractivity contribution < 1.29 is 15.0 Å². The van der Waals surface area contributed by atoms with Crippen molar-refractivity contribution in [2.24, 2.45) is 0 Å². The summed E-state index contributed by atoms with van der Waals surface area (Å²) in [5, 5.41) is 21.1. The van der Waals surface area contributed by atoms with E-state index < -0.39 is 0 Å². The van der Waals surface area contributed by atoms with Crippen molar-refractivity contribution in [2.75, 3.05) is 6.54 Å². The zero-order valence-corrected chi connectivity index (χ0v) is 8.03. The van der Waals surface area contributed by atoms with E-state index in [4.69, 9.17) is 0 Å². The van der Waals surface area contributed by atoms with Crippen LogP contribution >= 0.6 is 0 Å². The van der Waals surface area contributed by atoms with Crippen LogP contribution in [-0.2, 0) is 11.3 Å². The van der Waals surface area contributed by atoms with Crippen LogP contribution in [0.25, 0.3) is 0 Å². The van der Waals surface area contributed by atoms with Gasteiger partial charge in [-0.05, 0) is 6.92 Å². The quantitative estimate of drug-likeness (QED) is 0.656. The number of rotatable bonds is 4. The van der Waals surface area contributed by atoms with Gasteiger partial charge in [0.1, 0.15) is 0 Å². The molecule has 0 unspecified atom stereocenters. The van der Waals surface area contributed by atoms with Crippen LogP contribution in [-0.4, -0.2) is 27.2 Å². The van der Waals surface area contributed by atoms with Crippen LogP contribution in [0, 0.1) is 0 Å². The molecule has 0 fully saturated rings. The molecule has 0 atom stereocenters. The summed E-state index contributed by atoms with van der Waals surface area (Å²) < 4.78 is 1.27. The number of nitrogens with zero attached hydrogens (tertiary/aromatic N) is 1. The molecule has 1 amide bonds. The van der Waals surface area contributed by atoms with Gasteiger partial charge in [-0.2, -0.15) is 0 Å². The van der Waals surface area contributed by atoms with Gasteiger partial charge < -0.3 is 15.5 Å². The number of carbonyl (C=O) groups excluding carboxylic acids is 1. The molecule has 1 aromatic heterocycles. The largest absolute Gasteiger partial charge is 0.494 e. The maximum absolute atomic E-state index is 11.1. The third kappa shape index (κ3) is 2.42. The average Bonchev–Trinajstić information content (AvgIpc) is 2.44. The highest BCUT2D eigenvalue weighted by Gasteiger charge is 2.07. The fraction of sp³-hybridized carbons (Fsp3) is 0.444. The minimum atomic E-state index is -0.0972. The lowest BCUT2D eigenvalue weighted by Gasteiger charge is -2.06. The smallest absolute Gasteiger partial charge is 0.221 e. The fourth-order valence-electron chi connectivity index (χ4n) is 1.17. The summed E-state index contributed by atoms with van der Waals surface area (Å²) in [6.07, 6.45) is 0.240. The Kier molecular flexibility index (Phi) is 3.39. The molecule has 0 saturated heterocycles. The molecule has 0 saturated carbocycles. The zero-order chi connectivity index (χ0) is 10.6. The molecule has 0 aromatic carbocycles. The number of amides is 1. The predicted octanol–water partition coefficient (Wildman–Crippen LogP) is 0.425. The molecule has 5 heteroatoms. The monoisotopic (exact) mass is 198 g/mol. The van der Waals surface area contributed by atoms with Gasteiger partial charge in [0.15, 0.2) is 11.8 Å². The Morgan fingerprint density at radius 3 is 2.50 bits per heavy atom. The standard InChI is InChI=1S/C9H14N2O3/c1-2-10-7(12)5-6-11-8(13)3-4-9(11)14/h3-4,13-14H,2,5-6H2,1H3,(H,10,12). The lowest BCUT2D eigenvalue weighted by atomic mass is 10.4. The summed E-state index contributed by atoms with van der Waals surface area (Å²) in [4.78, 5) is 11.1. The first-order valence-electron chi connectivity index (χ1n) is 4.49. The first kappa shape index (κ1) is 10.4. The van der Waals surface area contributed by atoms with Crippen molar-refractivity contribution in [3.8, 4) is 11.8 Å². The van der Waals surface area contributed by atoms with Crippen molar-refractivity contribution in [1.82, 2.24) is 9.88 Å². The highest BCUT2D eigenvalue weighted by molar-refractivity contribution is 5.75. The minimum absolute atomic E-state index is 0.0354. The van der Waals surface area contributed by atoms with Gasteiger partial charge in [0.25, 0.3) is 0 Å². The van der Waals surface area contributed by atoms with E-state index in [1.807, 2.05) is 6.92 Å². The zero-order valence-electron chi connectivity index (χ0n) is 8.03. The van der Waals surface area contributed by atoms with Gasteiger partial charge in [0.05, 0.1) is 0 Å². The lowest BCUT2D eigenvalue weighted by Crippen LogP contribution is -2.23. The Morgan fingerprint density at radius 1 is 1.43 bits per heavy atom. The van der Waals surface area contributed by atoms with Crippen LogP contribution in [0.5, 0.6) is 11.8 Å². The third-order valence-electron chi connectivity index (χ3n) is 1.87. The predicted molar refractivity (Wildman–Crippen MR) is 51.1 cm³/mol. The molecule has 1 heterocycles. The second-order valence-electron chi connectivity index (χ2n) is 2.90. The summed E-state index contributed by atoms with van der Waals surface area (Å²) in [7, 11) is 0.